The van der Waals surface area contributed by atoms with Crippen molar-refractivity contribution in [1.29, 1.82) is 0 Å². The molecule has 0 N–H and O–H groups in total. The molecule has 0 aromatic carbocycles. The Bertz CT molecular complexity index is 274. The second-order valence-corrected chi connectivity index (χ2v) is 8.44. The fourth-order valence-electron chi connectivity index (χ4n) is 4.15. The van der Waals surface area contributed by atoms with E-state index in [4.69, 9.17) is 0 Å². The summed E-state index contributed by atoms with van der Waals surface area (Å²) in [6.07, 6.45) is 21.9. The van der Waals surface area contributed by atoms with Gasteiger partial charge in [0.2, 0.25) is 0 Å². The first kappa shape index (κ1) is 22.1. The van der Waals surface area contributed by atoms with Gasteiger partial charge in [0.1, 0.15) is 0 Å². The molecule has 23 heavy (non-hydrogen) atoms. The molecule has 0 spiro atoms. The zero-order valence-electron chi connectivity index (χ0n) is 15.9. The van der Waals surface area contributed by atoms with Gasteiger partial charge in [0.25, 0.3) is 0 Å². The molecule has 133 valence electrons. The van der Waals surface area contributed by atoms with E-state index in [1.54, 1.807) is 0 Å². The Morgan fingerprint density at radius 1 is 0.913 bits per heavy atom. The minimum atomic E-state index is 0. The van der Waals surface area contributed by atoms with Crippen molar-refractivity contribution in [2.75, 3.05) is 0 Å². The van der Waals surface area contributed by atoms with Crippen LogP contribution in [0.15, 0.2) is 0 Å². The second-order valence-electron chi connectivity index (χ2n) is 8.44. The molecule has 1 radical (unpaired) electrons. The Balaban J connectivity index is 0.000000280. The summed E-state index contributed by atoms with van der Waals surface area (Å²) in [5.74, 6) is 4.82. The fraction of sp³-hybridized carbons (Fsp3) is 0.909. The van der Waals surface area contributed by atoms with Crippen molar-refractivity contribution in [3.8, 4) is 0 Å². The molecule has 3 aliphatic carbocycles. The molecule has 0 heterocycles. The van der Waals surface area contributed by atoms with Gasteiger partial charge in [0.05, 0.1) is 0 Å². The first-order valence-electron chi connectivity index (χ1n) is 10.3. The maximum Gasteiger partial charge on any atom is 0 e. The van der Waals surface area contributed by atoms with Crippen molar-refractivity contribution < 1.29 is 32.7 Å². The largest absolute Gasteiger partial charge is 0.340 e. The van der Waals surface area contributed by atoms with Gasteiger partial charge in [0, 0.05) is 32.7 Å². The Morgan fingerprint density at radius 2 is 1.48 bits per heavy atom. The van der Waals surface area contributed by atoms with E-state index < -0.39 is 0 Å². The van der Waals surface area contributed by atoms with Crippen LogP contribution in [0.5, 0.6) is 0 Å². The molecule has 3 rings (SSSR count). The predicted molar refractivity (Wildman–Crippen MR) is 98.5 cm³/mol. The number of rotatable bonds is 8. The normalized spacial score (nSPS) is 24.1. The van der Waals surface area contributed by atoms with Gasteiger partial charge < -0.3 is 13.3 Å². The molecular formula is C22H40Y-2. The van der Waals surface area contributed by atoms with E-state index in [2.05, 4.69) is 27.2 Å². The smallest absolute Gasteiger partial charge is 0 e. The molecule has 0 aromatic rings. The first-order chi connectivity index (χ1) is 10.7. The Kier molecular flexibility index (Phi) is 12.0. The molecular weight excluding hydrogens is 353 g/mol. The van der Waals surface area contributed by atoms with E-state index in [9.17, 15) is 0 Å². The molecule has 0 bridgehead atoms. The Hall–Kier alpha value is 1.10. The van der Waals surface area contributed by atoms with Crippen molar-refractivity contribution in [3.63, 3.8) is 0 Å². The summed E-state index contributed by atoms with van der Waals surface area (Å²) in [6.45, 7) is 8.45. The van der Waals surface area contributed by atoms with E-state index in [-0.39, 0.29) is 32.7 Å². The van der Waals surface area contributed by atoms with Crippen molar-refractivity contribution in [1.82, 2.24) is 0 Å². The van der Waals surface area contributed by atoms with E-state index in [1.165, 1.54) is 83.5 Å². The minimum absolute atomic E-state index is 0. The van der Waals surface area contributed by atoms with E-state index >= 15 is 0 Å². The van der Waals surface area contributed by atoms with E-state index in [0.29, 0.717) is 5.92 Å². The summed E-state index contributed by atoms with van der Waals surface area (Å²) in [5, 5.41) is 0. The van der Waals surface area contributed by atoms with Gasteiger partial charge in [-0.15, -0.1) is 0 Å². The maximum absolute atomic E-state index is 3.96. The van der Waals surface area contributed by atoms with Crippen LogP contribution in [0.4, 0.5) is 0 Å². The van der Waals surface area contributed by atoms with Crippen LogP contribution in [0.2, 0.25) is 0 Å². The molecule has 3 saturated carbocycles. The topological polar surface area (TPSA) is 0 Å². The molecule has 2 unspecified atom stereocenters. The maximum atomic E-state index is 3.96. The molecule has 0 aliphatic heterocycles. The van der Waals surface area contributed by atoms with Crippen LogP contribution in [-0.4, -0.2) is 0 Å². The average molecular weight is 393 g/mol. The molecule has 0 saturated heterocycles. The van der Waals surface area contributed by atoms with E-state index in [1.807, 2.05) is 0 Å². The SMILES string of the molecule is C[CH-]C(CCCCC1CCC1)C1CCC1.[CH2-]C(C)C1CCC1.[Y]. The van der Waals surface area contributed by atoms with Gasteiger partial charge in [-0.3, -0.25) is 0 Å². The number of hydrogen-bond donors (Lipinski definition) is 0. The Labute approximate surface area is 172 Å². The summed E-state index contributed by atoms with van der Waals surface area (Å²) in [4.78, 5) is 0. The van der Waals surface area contributed by atoms with Gasteiger partial charge in [-0.05, 0) is 5.92 Å². The fourth-order valence-corrected chi connectivity index (χ4v) is 4.15. The van der Waals surface area contributed by atoms with Gasteiger partial charge >= 0.3 is 0 Å². The zero-order chi connectivity index (χ0) is 15.8. The summed E-state index contributed by atoms with van der Waals surface area (Å²) in [7, 11) is 0. The summed E-state index contributed by atoms with van der Waals surface area (Å²) >= 11 is 0. The summed E-state index contributed by atoms with van der Waals surface area (Å²) in [6, 6.07) is 0. The monoisotopic (exact) mass is 393 g/mol. The summed E-state index contributed by atoms with van der Waals surface area (Å²) in [5.41, 5.74) is 0. The second kappa shape index (κ2) is 12.5. The van der Waals surface area contributed by atoms with Crippen LogP contribution < -0.4 is 0 Å². The van der Waals surface area contributed by atoms with Crippen LogP contribution in [0.1, 0.15) is 97.3 Å². The molecule has 0 amide bonds. The van der Waals surface area contributed by atoms with Crippen LogP contribution >= 0.6 is 0 Å². The minimum Gasteiger partial charge on any atom is -0.340 e. The van der Waals surface area contributed by atoms with Gasteiger partial charge in [-0.2, -0.15) is 18.8 Å². The van der Waals surface area contributed by atoms with Gasteiger partial charge in [0.15, 0.2) is 0 Å². The number of unbranched alkanes of at least 4 members (excludes halogenated alkanes) is 1. The van der Waals surface area contributed by atoms with Crippen molar-refractivity contribution in [2.45, 2.75) is 97.3 Å². The van der Waals surface area contributed by atoms with Crippen LogP contribution in [0, 0.1) is 42.9 Å². The zero-order valence-corrected chi connectivity index (χ0v) is 18.8. The summed E-state index contributed by atoms with van der Waals surface area (Å²) < 4.78 is 0. The third-order valence-corrected chi connectivity index (χ3v) is 6.76. The van der Waals surface area contributed by atoms with E-state index in [0.717, 1.165) is 23.7 Å². The third-order valence-electron chi connectivity index (χ3n) is 6.76. The van der Waals surface area contributed by atoms with Crippen LogP contribution in [0.3, 0.4) is 0 Å². The molecule has 0 nitrogen and oxygen atoms in total. The molecule has 2 atom stereocenters. The average Bonchev–Trinajstić information content (AvgIpc) is 2.30. The molecule has 3 fully saturated rings. The molecule has 1 heteroatoms. The number of hydrogen-bond acceptors (Lipinski definition) is 0. The standard InChI is InChI=1S/C15H27.C7H13.Y/c1-2-14(15-11-6-12-15)10-4-3-7-13-8-5-9-13;1-6(2)7-4-3-5-7;/h2,13-15H,3-12H2,1H3;6-7H,1,3-5H2,2H3;/q2*-1;. The Morgan fingerprint density at radius 3 is 1.78 bits per heavy atom. The molecule has 0 aromatic heterocycles. The first-order valence-corrected chi connectivity index (χ1v) is 10.3. The van der Waals surface area contributed by atoms with Crippen molar-refractivity contribution in [2.24, 2.45) is 29.6 Å². The van der Waals surface area contributed by atoms with Crippen LogP contribution in [-0.2, 0) is 32.7 Å². The van der Waals surface area contributed by atoms with Crippen LogP contribution in [0.25, 0.3) is 0 Å². The van der Waals surface area contributed by atoms with Gasteiger partial charge in [-0.1, -0.05) is 102 Å². The van der Waals surface area contributed by atoms with Crippen molar-refractivity contribution in [3.05, 3.63) is 13.3 Å². The third kappa shape index (κ3) is 7.89. The van der Waals surface area contributed by atoms with Gasteiger partial charge in [-0.25, -0.2) is 0 Å². The predicted octanol–water partition coefficient (Wildman–Crippen LogP) is 7.24. The van der Waals surface area contributed by atoms with Crippen molar-refractivity contribution >= 4 is 0 Å². The molecule has 3 aliphatic rings. The quantitative estimate of drug-likeness (QED) is 0.301.